The lowest BCUT2D eigenvalue weighted by Crippen LogP contribution is -2.52. The Kier molecular flexibility index (Phi) is 8.00. The zero-order valence-electron chi connectivity index (χ0n) is 16.7. The van der Waals surface area contributed by atoms with Crippen molar-refractivity contribution in [1.29, 1.82) is 0 Å². The van der Waals surface area contributed by atoms with Gasteiger partial charge in [0.15, 0.2) is 0 Å². The van der Waals surface area contributed by atoms with Crippen LogP contribution in [0.25, 0.3) is 0 Å². The third kappa shape index (κ3) is 6.24. The van der Waals surface area contributed by atoms with Gasteiger partial charge in [-0.15, -0.1) is 0 Å². The van der Waals surface area contributed by atoms with Crippen LogP contribution >= 0.6 is 0 Å². The van der Waals surface area contributed by atoms with Crippen LogP contribution in [0.2, 0.25) is 0 Å². The van der Waals surface area contributed by atoms with Crippen molar-refractivity contribution in [3.8, 4) is 0 Å². The molecule has 3 rings (SSSR count). The summed E-state index contributed by atoms with van der Waals surface area (Å²) in [6, 6.07) is 5.24. The zero-order chi connectivity index (χ0) is 20.6. The molecular weight excluding hydrogens is 375 g/mol. The Bertz CT molecular complexity index is 676. The minimum absolute atomic E-state index is 0.0801. The summed E-state index contributed by atoms with van der Waals surface area (Å²) in [5.74, 6) is -0.460. The molecule has 2 aliphatic rings. The molecule has 1 aromatic rings. The standard InChI is InChI=1S/C22H31FN2O4/c23-17-8-6-16(7-9-17)21(27)24-13-12-18-10-11-19(20(14-26)29-18)25-22(28)15-4-2-1-3-5-15/h6-9,15,18-20,26H,1-5,10-14H2,(H,24,27)(H,25,28)/t18-,19-,20+/m0/s1. The van der Waals surface area contributed by atoms with Gasteiger partial charge in [0.25, 0.3) is 5.91 Å². The van der Waals surface area contributed by atoms with Crippen molar-refractivity contribution in [1.82, 2.24) is 10.6 Å². The minimum Gasteiger partial charge on any atom is -0.394 e. The summed E-state index contributed by atoms with van der Waals surface area (Å²) in [6.45, 7) is 0.284. The summed E-state index contributed by atoms with van der Waals surface area (Å²) in [5.41, 5.74) is 0.412. The molecule has 160 valence electrons. The molecule has 0 bridgehead atoms. The average molecular weight is 406 g/mol. The maximum Gasteiger partial charge on any atom is 0.251 e. The lowest BCUT2D eigenvalue weighted by atomic mass is 9.88. The Labute approximate surface area is 171 Å². The Balaban J connectivity index is 1.41. The molecule has 29 heavy (non-hydrogen) atoms. The second-order valence-electron chi connectivity index (χ2n) is 8.06. The molecule has 7 heteroatoms. The number of nitrogens with one attached hydrogen (secondary N) is 2. The molecule has 6 nitrogen and oxygen atoms in total. The Morgan fingerprint density at radius 1 is 1.07 bits per heavy atom. The maximum atomic E-state index is 12.9. The first kappa shape index (κ1) is 21.7. The molecule has 3 atom stereocenters. The lowest BCUT2D eigenvalue weighted by Gasteiger charge is -2.37. The third-order valence-electron chi connectivity index (χ3n) is 5.96. The number of benzene rings is 1. The fraction of sp³-hybridized carbons (Fsp3) is 0.636. The van der Waals surface area contributed by atoms with Crippen molar-refractivity contribution >= 4 is 11.8 Å². The van der Waals surface area contributed by atoms with Crippen LogP contribution in [0.1, 0.15) is 61.7 Å². The minimum atomic E-state index is -0.422. The second-order valence-corrected chi connectivity index (χ2v) is 8.06. The predicted molar refractivity (Wildman–Crippen MR) is 107 cm³/mol. The normalized spacial score (nSPS) is 25.4. The van der Waals surface area contributed by atoms with Crippen molar-refractivity contribution in [2.45, 2.75) is 69.6 Å². The highest BCUT2D eigenvalue weighted by molar-refractivity contribution is 5.94. The average Bonchev–Trinajstić information content (AvgIpc) is 2.75. The monoisotopic (exact) mass is 406 g/mol. The fourth-order valence-electron chi connectivity index (χ4n) is 4.22. The summed E-state index contributed by atoms with van der Waals surface area (Å²) in [6.07, 6.45) is 6.93. The predicted octanol–water partition coefficient (Wildman–Crippen LogP) is 2.55. The van der Waals surface area contributed by atoms with Crippen LogP contribution in [0.4, 0.5) is 4.39 Å². The van der Waals surface area contributed by atoms with Crippen LogP contribution in [0, 0.1) is 11.7 Å². The molecule has 0 aromatic heterocycles. The highest BCUT2D eigenvalue weighted by Crippen LogP contribution is 2.26. The number of rotatable bonds is 7. The van der Waals surface area contributed by atoms with Gasteiger partial charge in [0, 0.05) is 18.0 Å². The number of carbonyl (C=O) groups is 2. The van der Waals surface area contributed by atoms with E-state index in [1.54, 1.807) is 0 Å². The summed E-state index contributed by atoms with van der Waals surface area (Å²) < 4.78 is 18.9. The van der Waals surface area contributed by atoms with Gasteiger partial charge in [-0.3, -0.25) is 9.59 Å². The van der Waals surface area contributed by atoms with E-state index in [9.17, 15) is 19.1 Å². The molecule has 1 aliphatic carbocycles. The molecule has 1 aromatic carbocycles. The van der Waals surface area contributed by atoms with Crippen molar-refractivity contribution in [3.05, 3.63) is 35.6 Å². The van der Waals surface area contributed by atoms with Crippen LogP contribution < -0.4 is 10.6 Å². The summed E-state index contributed by atoms with van der Waals surface area (Å²) >= 11 is 0. The van der Waals surface area contributed by atoms with Gasteiger partial charge in [-0.1, -0.05) is 19.3 Å². The van der Waals surface area contributed by atoms with Crippen molar-refractivity contribution in [2.75, 3.05) is 13.2 Å². The lowest BCUT2D eigenvalue weighted by molar-refractivity contribution is -0.132. The topological polar surface area (TPSA) is 87.7 Å². The molecule has 2 amide bonds. The largest absolute Gasteiger partial charge is 0.394 e. The molecule has 0 spiro atoms. The van der Waals surface area contributed by atoms with Crippen molar-refractivity contribution < 1.29 is 23.8 Å². The van der Waals surface area contributed by atoms with E-state index in [1.807, 2.05) is 0 Å². The first-order valence-electron chi connectivity index (χ1n) is 10.7. The van der Waals surface area contributed by atoms with Gasteiger partial charge >= 0.3 is 0 Å². The van der Waals surface area contributed by atoms with Gasteiger partial charge in [0.1, 0.15) is 11.9 Å². The van der Waals surface area contributed by atoms with E-state index in [1.165, 1.54) is 30.7 Å². The van der Waals surface area contributed by atoms with Gasteiger partial charge < -0.3 is 20.5 Å². The smallest absolute Gasteiger partial charge is 0.251 e. The van der Waals surface area contributed by atoms with Crippen LogP contribution in [0.5, 0.6) is 0 Å². The fourth-order valence-corrected chi connectivity index (χ4v) is 4.22. The first-order chi connectivity index (χ1) is 14.1. The molecule has 1 saturated carbocycles. The van der Waals surface area contributed by atoms with Gasteiger partial charge in [0.2, 0.25) is 5.91 Å². The zero-order valence-corrected chi connectivity index (χ0v) is 16.7. The summed E-state index contributed by atoms with van der Waals surface area (Å²) in [5, 5.41) is 15.6. The van der Waals surface area contributed by atoms with E-state index in [-0.39, 0.29) is 42.3 Å². The van der Waals surface area contributed by atoms with Crippen molar-refractivity contribution in [3.63, 3.8) is 0 Å². The molecule has 2 fully saturated rings. The van der Waals surface area contributed by atoms with Crippen LogP contribution in [-0.4, -0.2) is 48.3 Å². The van der Waals surface area contributed by atoms with Gasteiger partial charge in [-0.2, -0.15) is 0 Å². The van der Waals surface area contributed by atoms with Crippen LogP contribution in [0.3, 0.4) is 0 Å². The molecule has 0 radical (unpaired) electrons. The number of amides is 2. The van der Waals surface area contributed by atoms with Gasteiger partial charge in [-0.25, -0.2) is 4.39 Å². The number of aliphatic hydroxyl groups is 1. The number of halogens is 1. The molecule has 1 saturated heterocycles. The number of ether oxygens (including phenoxy) is 1. The Morgan fingerprint density at radius 3 is 2.48 bits per heavy atom. The number of carbonyl (C=O) groups excluding carboxylic acids is 2. The van der Waals surface area contributed by atoms with E-state index < -0.39 is 6.10 Å². The number of hydrogen-bond donors (Lipinski definition) is 3. The van der Waals surface area contributed by atoms with Crippen molar-refractivity contribution in [2.24, 2.45) is 5.92 Å². The molecule has 1 aliphatic heterocycles. The molecule has 3 N–H and O–H groups in total. The van der Waals surface area contributed by atoms with Crippen LogP contribution in [0.15, 0.2) is 24.3 Å². The second kappa shape index (κ2) is 10.7. The quantitative estimate of drug-likeness (QED) is 0.649. The molecular formula is C22H31FN2O4. The van der Waals surface area contributed by atoms with E-state index in [2.05, 4.69) is 10.6 Å². The SMILES string of the molecule is O=C(NCC[C@@H]1CC[C@H](NC(=O)C2CCCCC2)[C@@H](CO)O1)c1ccc(F)cc1. The Hall–Kier alpha value is -1.99. The first-order valence-corrected chi connectivity index (χ1v) is 10.7. The Morgan fingerprint density at radius 2 is 1.79 bits per heavy atom. The summed E-state index contributed by atoms with van der Waals surface area (Å²) in [7, 11) is 0. The summed E-state index contributed by atoms with van der Waals surface area (Å²) in [4.78, 5) is 24.6. The van der Waals surface area contributed by atoms with Gasteiger partial charge in [0.05, 0.1) is 18.8 Å². The maximum absolute atomic E-state index is 12.9. The highest BCUT2D eigenvalue weighted by Gasteiger charge is 2.33. The van der Waals surface area contributed by atoms with Crippen LogP contribution in [-0.2, 0) is 9.53 Å². The van der Waals surface area contributed by atoms with E-state index in [4.69, 9.17) is 4.74 Å². The van der Waals surface area contributed by atoms with E-state index in [0.29, 0.717) is 18.5 Å². The molecule has 0 unspecified atom stereocenters. The van der Waals surface area contributed by atoms with Gasteiger partial charge in [-0.05, 0) is 56.4 Å². The number of hydrogen-bond acceptors (Lipinski definition) is 4. The third-order valence-corrected chi connectivity index (χ3v) is 5.96. The highest BCUT2D eigenvalue weighted by atomic mass is 19.1. The number of aliphatic hydroxyl groups excluding tert-OH is 1. The van der Waals surface area contributed by atoms with E-state index >= 15 is 0 Å². The van der Waals surface area contributed by atoms with E-state index in [0.717, 1.165) is 38.5 Å². The molecule has 1 heterocycles.